The van der Waals surface area contributed by atoms with Gasteiger partial charge in [-0.05, 0) is 12.0 Å². The third kappa shape index (κ3) is 5.33. The molecule has 1 aliphatic rings. The van der Waals surface area contributed by atoms with Gasteiger partial charge in [-0.3, -0.25) is 4.90 Å². The van der Waals surface area contributed by atoms with Crippen molar-refractivity contribution in [1.29, 1.82) is 0 Å². The Labute approximate surface area is 118 Å². The largest absolute Gasteiger partial charge is 0.379 e. The molecule has 0 amide bonds. The van der Waals surface area contributed by atoms with E-state index in [0.717, 1.165) is 26.3 Å². The minimum absolute atomic E-state index is 0.583. The van der Waals surface area contributed by atoms with E-state index < -0.39 is 0 Å². The molecule has 2 rings (SSSR count). The third-order valence-electron chi connectivity index (χ3n) is 3.50. The van der Waals surface area contributed by atoms with Crippen LogP contribution in [0.15, 0.2) is 30.3 Å². The van der Waals surface area contributed by atoms with Gasteiger partial charge in [-0.1, -0.05) is 63.9 Å². The molecule has 1 aromatic carbocycles. The fraction of sp³-hybridized carbons (Fsp3) is 0.647. The number of unbranched alkanes of at least 4 members (excludes halogenated alkanes) is 1. The molecule has 19 heavy (non-hydrogen) atoms. The fourth-order valence-corrected chi connectivity index (χ4v) is 2.52. The van der Waals surface area contributed by atoms with Gasteiger partial charge < -0.3 is 4.74 Å². The van der Waals surface area contributed by atoms with Crippen LogP contribution in [0.2, 0.25) is 0 Å². The smallest absolute Gasteiger partial charge is 0.0594 e. The van der Waals surface area contributed by atoms with Crippen molar-refractivity contribution in [3.05, 3.63) is 35.9 Å². The fourth-order valence-electron chi connectivity index (χ4n) is 2.52. The van der Waals surface area contributed by atoms with Crippen LogP contribution in [0.1, 0.15) is 51.6 Å². The lowest BCUT2D eigenvalue weighted by atomic mass is 9.99. The first-order valence-corrected chi connectivity index (χ1v) is 7.78. The van der Waals surface area contributed by atoms with Gasteiger partial charge in [-0.15, -0.1) is 0 Å². The van der Waals surface area contributed by atoms with E-state index in [0.29, 0.717) is 6.04 Å². The maximum Gasteiger partial charge on any atom is 0.0594 e. The molecule has 0 bridgehead atoms. The molecule has 0 spiro atoms. The van der Waals surface area contributed by atoms with Crippen molar-refractivity contribution in [1.82, 2.24) is 4.90 Å². The number of benzene rings is 1. The normalized spacial score (nSPS) is 17.4. The first kappa shape index (κ1) is 16.2. The Hall–Kier alpha value is -0.860. The van der Waals surface area contributed by atoms with Gasteiger partial charge in [-0.25, -0.2) is 0 Å². The van der Waals surface area contributed by atoms with Crippen LogP contribution in [0.25, 0.3) is 0 Å². The standard InChI is InChI=1S/C15H23NO.C2H6/c1-2-3-9-15(14-7-5-4-6-8-14)16-10-12-17-13-11-16;1-2/h4-8,15H,2-3,9-13H2,1H3;1-2H3. The Balaban J connectivity index is 0.000000861. The summed E-state index contributed by atoms with van der Waals surface area (Å²) in [7, 11) is 0. The maximum absolute atomic E-state index is 5.45. The Bertz CT molecular complexity index is 306. The molecular formula is C17H29NO. The highest BCUT2D eigenvalue weighted by Crippen LogP contribution is 2.26. The van der Waals surface area contributed by atoms with Gasteiger partial charge in [0.25, 0.3) is 0 Å². The number of morpholine rings is 1. The molecule has 0 aliphatic carbocycles. The summed E-state index contributed by atoms with van der Waals surface area (Å²) in [6.45, 7) is 10.2. The highest BCUT2D eigenvalue weighted by Gasteiger charge is 2.21. The minimum atomic E-state index is 0.583. The van der Waals surface area contributed by atoms with Crippen molar-refractivity contribution in [2.75, 3.05) is 26.3 Å². The van der Waals surface area contributed by atoms with E-state index >= 15 is 0 Å². The second-order valence-corrected chi connectivity index (χ2v) is 4.72. The molecule has 1 unspecified atom stereocenters. The van der Waals surface area contributed by atoms with Crippen molar-refractivity contribution in [3.63, 3.8) is 0 Å². The molecule has 1 fully saturated rings. The van der Waals surface area contributed by atoms with Crippen molar-refractivity contribution >= 4 is 0 Å². The first-order valence-electron chi connectivity index (χ1n) is 7.78. The first-order chi connectivity index (χ1) is 9.42. The zero-order valence-electron chi connectivity index (χ0n) is 12.8. The molecule has 0 saturated carbocycles. The molecule has 0 N–H and O–H groups in total. The Morgan fingerprint density at radius 3 is 2.32 bits per heavy atom. The van der Waals surface area contributed by atoms with Crippen LogP contribution in [0.4, 0.5) is 0 Å². The summed E-state index contributed by atoms with van der Waals surface area (Å²) < 4.78 is 5.45. The van der Waals surface area contributed by atoms with Crippen LogP contribution >= 0.6 is 0 Å². The summed E-state index contributed by atoms with van der Waals surface area (Å²) in [6, 6.07) is 11.5. The monoisotopic (exact) mass is 263 g/mol. The van der Waals surface area contributed by atoms with Gasteiger partial charge in [0, 0.05) is 19.1 Å². The lowest BCUT2D eigenvalue weighted by Crippen LogP contribution is -2.39. The van der Waals surface area contributed by atoms with Crippen LogP contribution in [0.3, 0.4) is 0 Å². The average molecular weight is 263 g/mol. The Morgan fingerprint density at radius 2 is 1.74 bits per heavy atom. The van der Waals surface area contributed by atoms with Gasteiger partial charge in [-0.2, -0.15) is 0 Å². The SMILES string of the molecule is CC.CCCCC(c1ccccc1)N1CCOCC1. The predicted molar refractivity (Wildman–Crippen MR) is 82.4 cm³/mol. The summed E-state index contributed by atoms with van der Waals surface area (Å²) in [5.41, 5.74) is 1.46. The zero-order chi connectivity index (χ0) is 13.9. The van der Waals surface area contributed by atoms with Gasteiger partial charge in [0.15, 0.2) is 0 Å². The number of rotatable bonds is 5. The van der Waals surface area contributed by atoms with Gasteiger partial charge >= 0.3 is 0 Å². The average Bonchev–Trinajstić information content (AvgIpc) is 2.52. The van der Waals surface area contributed by atoms with Crippen molar-refractivity contribution in [2.24, 2.45) is 0 Å². The molecule has 0 aromatic heterocycles. The Morgan fingerprint density at radius 1 is 1.11 bits per heavy atom. The number of ether oxygens (including phenoxy) is 1. The summed E-state index contributed by atoms with van der Waals surface area (Å²) in [4.78, 5) is 2.58. The second kappa shape index (κ2) is 9.99. The topological polar surface area (TPSA) is 12.5 Å². The van der Waals surface area contributed by atoms with E-state index in [1.54, 1.807) is 0 Å². The summed E-state index contributed by atoms with van der Waals surface area (Å²) in [5, 5.41) is 0. The molecule has 1 saturated heterocycles. The summed E-state index contributed by atoms with van der Waals surface area (Å²) in [6.07, 6.45) is 3.84. The Kier molecular flexibility index (Phi) is 8.52. The van der Waals surface area contributed by atoms with Crippen LogP contribution < -0.4 is 0 Å². The lowest BCUT2D eigenvalue weighted by molar-refractivity contribution is 0.0138. The lowest BCUT2D eigenvalue weighted by Gasteiger charge is -2.35. The van der Waals surface area contributed by atoms with Gasteiger partial charge in [0.1, 0.15) is 0 Å². The number of hydrogen-bond acceptors (Lipinski definition) is 2. The highest BCUT2D eigenvalue weighted by atomic mass is 16.5. The predicted octanol–water partition coefficient (Wildman–Crippen LogP) is 4.28. The van der Waals surface area contributed by atoms with Crippen LogP contribution in [0.5, 0.6) is 0 Å². The summed E-state index contributed by atoms with van der Waals surface area (Å²) in [5.74, 6) is 0. The van der Waals surface area contributed by atoms with Crippen LogP contribution in [-0.4, -0.2) is 31.2 Å². The van der Waals surface area contributed by atoms with Crippen LogP contribution in [-0.2, 0) is 4.74 Å². The molecule has 1 aromatic rings. The molecule has 0 radical (unpaired) electrons. The molecule has 1 atom stereocenters. The molecule has 1 heterocycles. The third-order valence-corrected chi connectivity index (χ3v) is 3.50. The van der Waals surface area contributed by atoms with E-state index in [9.17, 15) is 0 Å². The van der Waals surface area contributed by atoms with E-state index in [-0.39, 0.29) is 0 Å². The highest BCUT2D eigenvalue weighted by molar-refractivity contribution is 5.19. The summed E-state index contributed by atoms with van der Waals surface area (Å²) >= 11 is 0. The van der Waals surface area contributed by atoms with E-state index in [1.807, 2.05) is 13.8 Å². The number of hydrogen-bond donors (Lipinski definition) is 0. The van der Waals surface area contributed by atoms with Crippen molar-refractivity contribution in [3.8, 4) is 0 Å². The molecular weight excluding hydrogens is 234 g/mol. The zero-order valence-corrected chi connectivity index (χ0v) is 12.8. The number of nitrogens with zero attached hydrogens (tertiary/aromatic N) is 1. The van der Waals surface area contributed by atoms with E-state index in [1.165, 1.54) is 24.8 Å². The second-order valence-electron chi connectivity index (χ2n) is 4.72. The van der Waals surface area contributed by atoms with Gasteiger partial charge in [0.05, 0.1) is 13.2 Å². The van der Waals surface area contributed by atoms with Crippen molar-refractivity contribution in [2.45, 2.75) is 46.1 Å². The molecule has 2 heteroatoms. The van der Waals surface area contributed by atoms with Gasteiger partial charge in [0.2, 0.25) is 0 Å². The maximum atomic E-state index is 5.45. The molecule has 2 nitrogen and oxygen atoms in total. The van der Waals surface area contributed by atoms with Crippen molar-refractivity contribution < 1.29 is 4.74 Å². The molecule has 108 valence electrons. The van der Waals surface area contributed by atoms with Crippen LogP contribution in [0, 0.1) is 0 Å². The minimum Gasteiger partial charge on any atom is -0.379 e. The molecule has 1 aliphatic heterocycles. The quantitative estimate of drug-likeness (QED) is 0.786. The van der Waals surface area contributed by atoms with E-state index in [2.05, 4.69) is 42.2 Å². The van der Waals surface area contributed by atoms with E-state index in [4.69, 9.17) is 4.74 Å².